The largest absolute Gasteiger partial charge is 0.495 e. The number of nitrogens with one attached hydrogen (secondary N) is 2. The van der Waals surface area contributed by atoms with Crippen LogP contribution in [0.2, 0.25) is 0 Å². The van der Waals surface area contributed by atoms with E-state index in [1.165, 1.54) is 12.1 Å². The molecule has 4 aromatic rings. The van der Waals surface area contributed by atoms with Crippen molar-refractivity contribution in [2.45, 2.75) is 13.0 Å². The number of carbonyl (C=O) groups is 1. The molecule has 2 N–H and O–H groups in total. The van der Waals surface area contributed by atoms with Gasteiger partial charge in [0.05, 0.1) is 12.8 Å². The Labute approximate surface area is 161 Å². The van der Waals surface area contributed by atoms with E-state index in [0.717, 1.165) is 16.4 Å². The quantitative estimate of drug-likeness (QED) is 0.503. The van der Waals surface area contributed by atoms with Crippen molar-refractivity contribution in [3.63, 3.8) is 0 Å². The summed E-state index contributed by atoms with van der Waals surface area (Å²) in [6.07, 6.45) is 0. The average molecular weight is 378 g/mol. The molecule has 1 atom stereocenters. The summed E-state index contributed by atoms with van der Waals surface area (Å²) in [5.74, 6) is -0.0361. The van der Waals surface area contributed by atoms with Gasteiger partial charge in [0.25, 0.3) is 0 Å². The molecule has 4 rings (SSSR count). The van der Waals surface area contributed by atoms with Crippen LogP contribution >= 0.6 is 0 Å². The van der Waals surface area contributed by atoms with Gasteiger partial charge in [-0.05, 0) is 43.3 Å². The maximum atomic E-state index is 13.0. The molecule has 0 aliphatic heterocycles. The fraction of sp³-hybridized carbons (Fsp3) is 0.136. The van der Waals surface area contributed by atoms with Crippen LogP contribution in [0.3, 0.4) is 0 Å². The lowest BCUT2D eigenvalue weighted by Gasteiger charge is -2.16. The number of amides is 1. The van der Waals surface area contributed by atoms with Crippen molar-refractivity contribution >= 4 is 39.2 Å². The van der Waals surface area contributed by atoms with Crippen LogP contribution in [0.25, 0.3) is 21.9 Å². The van der Waals surface area contributed by atoms with E-state index in [0.29, 0.717) is 22.7 Å². The van der Waals surface area contributed by atoms with Crippen LogP contribution < -0.4 is 15.4 Å². The van der Waals surface area contributed by atoms with Crippen LogP contribution in [0.5, 0.6) is 5.75 Å². The first-order valence-corrected chi connectivity index (χ1v) is 8.87. The molecular weight excluding hydrogens is 359 g/mol. The molecule has 6 heteroatoms. The highest BCUT2D eigenvalue weighted by Gasteiger charge is 2.17. The number of carbonyl (C=O) groups excluding carboxylic acids is 1. The Morgan fingerprint density at radius 2 is 1.79 bits per heavy atom. The fourth-order valence-corrected chi connectivity index (χ4v) is 3.12. The first-order valence-electron chi connectivity index (χ1n) is 8.87. The number of methoxy groups -OCH3 is 1. The number of benzene rings is 3. The average Bonchev–Trinajstić information content (AvgIpc) is 3.06. The summed E-state index contributed by atoms with van der Waals surface area (Å²) in [5, 5.41) is 7.82. The second kappa shape index (κ2) is 7.23. The molecule has 1 heterocycles. The number of rotatable bonds is 5. The molecule has 5 nitrogen and oxygen atoms in total. The molecule has 1 aromatic heterocycles. The number of para-hydroxylation sites is 1. The van der Waals surface area contributed by atoms with Crippen LogP contribution in [-0.4, -0.2) is 19.1 Å². The zero-order chi connectivity index (χ0) is 19.7. The summed E-state index contributed by atoms with van der Waals surface area (Å²) in [5.41, 5.74) is 2.61. The Bertz CT molecular complexity index is 1150. The normalized spacial score (nSPS) is 12.1. The van der Waals surface area contributed by atoms with E-state index in [1.807, 2.05) is 30.3 Å². The van der Waals surface area contributed by atoms with Gasteiger partial charge in [-0.2, -0.15) is 0 Å². The molecule has 142 valence electrons. The molecule has 0 saturated heterocycles. The second-order valence-electron chi connectivity index (χ2n) is 6.51. The Balaban J connectivity index is 1.59. The van der Waals surface area contributed by atoms with Gasteiger partial charge < -0.3 is 19.8 Å². The second-order valence-corrected chi connectivity index (χ2v) is 6.51. The van der Waals surface area contributed by atoms with Crippen molar-refractivity contribution in [1.29, 1.82) is 0 Å². The maximum absolute atomic E-state index is 13.0. The predicted molar refractivity (Wildman–Crippen MR) is 108 cm³/mol. The van der Waals surface area contributed by atoms with Gasteiger partial charge in [-0.1, -0.05) is 18.2 Å². The molecular formula is C22H19FN2O3. The third-order valence-electron chi connectivity index (χ3n) is 4.58. The molecule has 0 radical (unpaired) electrons. The van der Waals surface area contributed by atoms with Gasteiger partial charge in [-0.3, -0.25) is 4.79 Å². The smallest absolute Gasteiger partial charge is 0.246 e. The van der Waals surface area contributed by atoms with Gasteiger partial charge in [0.2, 0.25) is 5.91 Å². The van der Waals surface area contributed by atoms with E-state index >= 15 is 0 Å². The van der Waals surface area contributed by atoms with Crippen molar-refractivity contribution < 1.29 is 18.3 Å². The maximum Gasteiger partial charge on any atom is 0.246 e. The lowest BCUT2D eigenvalue weighted by molar-refractivity contribution is -0.116. The summed E-state index contributed by atoms with van der Waals surface area (Å²) in [4.78, 5) is 12.6. The van der Waals surface area contributed by atoms with E-state index in [-0.39, 0.29) is 11.7 Å². The van der Waals surface area contributed by atoms with E-state index in [1.54, 1.807) is 32.2 Å². The highest BCUT2D eigenvalue weighted by Crippen LogP contribution is 2.36. The standard InChI is InChI=1S/C22H19FN2O3/c1-13(24-15-9-7-14(23)8-10-15)22(26)25-18-12-20-17(11-21(18)27-2)16-5-3-4-6-19(16)28-20/h3-13,24H,1-2H3,(H,25,26)/t13-/m0/s1. The lowest BCUT2D eigenvalue weighted by atomic mass is 10.1. The molecule has 0 spiro atoms. The van der Waals surface area contributed by atoms with Crippen molar-refractivity contribution in [1.82, 2.24) is 0 Å². The van der Waals surface area contributed by atoms with Gasteiger partial charge in [-0.25, -0.2) is 4.39 Å². The molecule has 0 unspecified atom stereocenters. The van der Waals surface area contributed by atoms with E-state index in [2.05, 4.69) is 10.6 Å². The topological polar surface area (TPSA) is 63.5 Å². The number of anilines is 2. The number of hydrogen-bond acceptors (Lipinski definition) is 4. The number of hydrogen-bond donors (Lipinski definition) is 2. The fourth-order valence-electron chi connectivity index (χ4n) is 3.12. The summed E-state index contributed by atoms with van der Waals surface area (Å²) >= 11 is 0. The molecule has 0 aliphatic carbocycles. The SMILES string of the molecule is COc1cc2c(cc1NC(=O)[C@H](C)Nc1ccc(F)cc1)oc1ccccc12. The summed E-state index contributed by atoms with van der Waals surface area (Å²) < 4.78 is 24.4. The van der Waals surface area contributed by atoms with Crippen molar-refractivity contribution in [2.24, 2.45) is 0 Å². The van der Waals surface area contributed by atoms with Crippen molar-refractivity contribution in [2.75, 3.05) is 17.7 Å². The van der Waals surface area contributed by atoms with Crippen LogP contribution in [-0.2, 0) is 4.79 Å². The zero-order valence-corrected chi connectivity index (χ0v) is 15.5. The number of ether oxygens (including phenoxy) is 1. The zero-order valence-electron chi connectivity index (χ0n) is 15.5. The molecule has 0 saturated carbocycles. The minimum absolute atomic E-state index is 0.252. The monoisotopic (exact) mass is 378 g/mol. The Kier molecular flexibility index (Phi) is 4.61. The van der Waals surface area contributed by atoms with Gasteiger partial charge in [0.15, 0.2) is 0 Å². The Hall–Kier alpha value is -3.54. The van der Waals surface area contributed by atoms with Crippen LogP contribution in [0, 0.1) is 5.82 Å². The third kappa shape index (κ3) is 3.36. The molecule has 28 heavy (non-hydrogen) atoms. The summed E-state index contributed by atoms with van der Waals surface area (Å²) in [6, 6.07) is 16.7. The molecule has 3 aromatic carbocycles. The minimum Gasteiger partial charge on any atom is -0.495 e. The van der Waals surface area contributed by atoms with Crippen LogP contribution in [0.4, 0.5) is 15.8 Å². The highest BCUT2D eigenvalue weighted by molar-refractivity contribution is 6.08. The summed E-state index contributed by atoms with van der Waals surface area (Å²) in [6.45, 7) is 1.73. The third-order valence-corrected chi connectivity index (χ3v) is 4.58. The van der Waals surface area contributed by atoms with Gasteiger partial charge >= 0.3 is 0 Å². The van der Waals surface area contributed by atoms with Gasteiger partial charge in [-0.15, -0.1) is 0 Å². The van der Waals surface area contributed by atoms with Gasteiger partial charge in [0, 0.05) is 22.5 Å². The van der Waals surface area contributed by atoms with E-state index < -0.39 is 6.04 Å². The molecule has 0 fully saturated rings. The minimum atomic E-state index is -0.540. The van der Waals surface area contributed by atoms with Crippen molar-refractivity contribution in [3.8, 4) is 5.75 Å². The van der Waals surface area contributed by atoms with Crippen molar-refractivity contribution in [3.05, 3.63) is 66.5 Å². The lowest BCUT2D eigenvalue weighted by Crippen LogP contribution is -2.32. The first-order chi connectivity index (χ1) is 13.5. The first kappa shape index (κ1) is 17.9. The Morgan fingerprint density at radius 1 is 1.04 bits per heavy atom. The number of halogens is 1. The summed E-state index contributed by atoms with van der Waals surface area (Å²) in [7, 11) is 1.55. The predicted octanol–water partition coefficient (Wildman–Crippen LogP) is 5.17. The molecule has 0 bridgehead atoms. The van der Waals surface area contributed by atoms with E-state index in [9.17, 15) is 9.18 Å². The van der Waals surface area contributed by atoms with Gasteiger partial charge in [0.1, 0.15) is 28.8 Å². The number of fused-ring (bicyclic) bond motifs is 3. The Morgan fingerprint density at radius 3 is 2.54 bits per heavy atom. The molecule has 1 amide bonds. The van der Waals surface area contributed by atoms with Crippen LogP contribution in [0.15, 0.2) is 65.1 Å². The molecule has 0 aliphatic rings. The number of furan rings is 1. The van der Waals surface area contributed by atoms with Crippen LogP contribution in [0.1, 0.15) is 6.92 Å². The van der Waals surface area contributed by atoms with E-state index in [4.69, 9.17) is 9.15 Å². The highest BCUT2D eigenvalue weighted by atomic mass is 19.1.